The van der Waals surface area contributed by atoms with E-state index in [2.05, 4.69) is 15.5 Å². The Morgan fingerprint density at radius 1 is 1.12 bits per heavy atom. The quantitative estimate of drug-likeness (QED) is 0.463. The molecule has 1 amide bonds. The molecule has 0 spiro atoms. The molecule has 170 valence electrons. The molecule has 0 aliphatic heterocycles. The fourth-order valence-electron chi connectivity index (χ4n) is 3.23. The van der Waals surface area contributed by atoms with E-state index >= 15 is 0 Å². The molecule has 33 heavy (non-hydrogen) atoms. The summed E-state index contributed by atoms with van der Waals surface area (Å²) in [5.41, 5.74) is 0.994. The van der Waals surface area contributed by atoms with Gasteiger partial charge in [-0.05, 0) is 36.2 Å². The van der Waals surface area contributed by atoms with Crippen LogP contribution in [0.25, 0.3) is 16.8 Å². The molecule has 0 saturated heterocycles. The van der Waals surface area contributed by atoms with E-state index in [0.29, 0.717) is 5.69 Å². The van der Waals surface area contributed by atoms with Crippen LogP contribution < -0.4 is 10.9 Å². The van der Waals surface area contributed by atoms with E-state index in [9.17, 15) is 22.8 Å². The van der Waals surface area contributed by atoms with Gasteiger partial charge in [0.15, 0.2) is 0 Å². The third kappa shape index (κ3) is 4.75. The lowest BCUT2D eigenvalue weighted by atomic mass is 10.1. The second kappa shape index (κ2) is 8.70. The molecule has 0 bridgehead atoms. The van der Waals surface area contributed by atoms with E-state index in [1.165, 1.54) is 16.4 Å². The number of rotatable bonds is 5. The average molecular weight is 476 g/mol. The van der Waals surface area contributed by atoms with Gasteiger partial charge in [0.05, 0.1) is 22.0 Å². The lowest BCUT2D eigenvalue weighted by molar-refractivity contribution is -0.137. The van der Waals surface area contributed by atoms with Crippen LogP contribution in [-0.2, 0) is 23.9 Å². The van der Waals surface area contributed by atoms with Crippen molar-refractivity contribution < 1.29 is 18.0 Å². The van der Waals surface area contributed by atoms with Crippen LogP contribution in [0.3, 0.4) is 0 Å². The predicted molar refractivity (Wildman–Crippen MR) is 117 cm³/mol. The lowest BCUT2D eigenvalue weighted by Crippen LogP contribution is -2.30. The highest BCUT2D eigenvalue weighted by atomic mass is 35.5. The number of amides is 1. The summed E-state index contributed by atoms with van der Waals surface area (Å²) in [6.45, 7) is 1.53. The molecular formula is C22H17ClF3N5O2. The van der Waals surface area contributed by atoms with Crippen molar-refractivity contribution in [3.05, 3.63) is 81.4 Å². The Kier molecular flexibility index (Phi) is 5.94. The Hall–Kier alpha value is -3.66. The number of hydrogen-bond donors (Lipinski definition) is 1. The minimum atomic E-state index is -4.59. The maximum absolute atomic E-state index is 12.9. The first-order chi connectivity index (χ1) is 15.7. The first-order valence-electron chi connectivity index (χ1n) is 9.87. The van der Waals surface area contributed by atoms with Crippen molar-refractivity contribution in [2.45, 2.75) is 26.1 Å². The predicted octanol–water partition coefficient (Wildman–Crippen LogP) is 4.43. The summed E-state index contributed by atoms with van der Waals surface area (Å²) in [5, 5.41) is 10.5. The van der Waals surface area contributed by atoms with Gasteiger partial charge in [-0.2, -0.15) is 23.4 Å². The van der Waals surface area contributed by atoms with Gasteiger partial charge in [-0.1, -0.05) is 42.8 Å². The van der Waals surface area contributed by atoms with Crippen molar-refractivity contribution in [1.82, 2.24) is 19.4 Å². The van der Waals surface area contributed by atoms with Gasteiger partial charge < -0.3 is 5.32 Å². The second-order valence-corrected chi connectivity index (χ2v) is 7.65. The van der Waals surface area contributed by atoms with E-state index in [-0.39, 0.29) is 16.2 Å². The monoisotopic (exact) mass is 475 g/mol. The molecule has 0 fully saturated rings. The molecular weight excluding hydrogens is 459 g/mol. The molecule has 2 aromatic carbocycles. The van der Waals surface area contributed by atoms with Gasteiger partial charge in [-0.3, -0.25) is 9.59 Å². The van der Waals surface area contributed by atoms with Gasteiger partial charge >= 0.3 is 6.18 Å². The van der Waals surface area contributed by atoms with Crippen LogP contribution in [0, 0.1) is 0 Å². The average Bonchev–Trinajstić information content (AvgIpc) is 3.22. The largest absolute Gasteiger partial charge is 0.416 e. The molecule has 4 rings (SSSR count). The third-order valence-electron chi connectivity index (χ3n) is 5.01. The second-order valence-electron chi connectivity index (χ2n) is 7.24. The third-order valence-corrected chi connectivity index (χ3v) is 5.34. The maximum Gasteiger partial charge on any atom is 0.416 e. The van der Waals surface area contributed by atoms with Crippen molar-refractivity contribution >= 4 is 28.7 Å². The first kappa shape index (κ1) is 22.5. The molecule has 2 heterocycles. The summed E-state index contributed by atoms with van der Waals surface area (Å²) in [6.07, 6.45) is -2.41. The zero-order chi connectivity index (χ0) is 23.8. The molecule has 0 saturated carbocycles. The van der Waals surface area contributed by atoms with Crippen LogP contribution >= 0.6 is 11.6 Å². The van der Waals surface area contributed by atoms with Crippen LogP contribution in [0.1, 0.15) is 18.1 Å². The Bertz CT molecular complexity index is 1390. The molecule has 0 aliphatic carbocycles. The molecule has 0 radical (unpaired) electrons. The highest BCUT2D eigenvalue weighted by molar-refractivity contribution is 6.33. The molecule has 0 atom stereocenters. The summed E-state index contributed by atoms with van der Waals surface area (Å²) in [7, 11) is 0. The number of carbonyl (C=O) groups is 1. The number of alkyl halides is 3. The van der Waals surface area contributed by atoms with Crippen LogP contribution in [0.5, 0.6) is 0 Å². The van der Waals surface area contributed by atoms with Crippen LogP contribution in [-0.4, -0.2) is 25.3 Å². The number of benzene rings is 2. The number of anilines is 1. The van der Waals surface area contributed by atoms with Gasteiger partial charge in [0.25, 0.3) is 5.56 Å². The van der Waals surface area contributed by atoms with Gasteiger partial charge in [-0.15, -0.1) is 0 Å². The summed E-state index contributed by atoms with van der Waals surface area (Å²) < 4.78 is 41.0. The van der Waals surface area contributed by atoms with Gasteiger partial charge in [-0.25, -0.2) is 9.20 Å². The molecule has 0 aliphatic rings. The Balaban J connectivity index is 1.57. The molecule has 0 unspecified atom stereocenters. The minimum absolute atomic E-state index is 0.0679. The van der Waals surface area contributed by atoms with Gasteiger partial charge in [0, 0.05) is 5.56 Å². The molecule has 11 heteroatoms. The molecule has 2 aromatic heterocycles. The van der Waals surface area contributed by atoms with E-state index < -0.39 is 29.8 Å². The van der Waals surface area contributed by atoms with Crippen LogP contribution in [0.4, 0.5) is 18.9 Å². The Labute approximate surface area is 190 Å². The zero-order valence-electron chi connectivity index (χ0n) is 17.2. The highest BCUT2D eigenvalue weighted by Gasteiger charge is 2.31. The van der Waals surface area contributed by atoms with Crippen molar-refractivity contribution in [2.75, 3.05) is 5.32 Å². The number of nitrogens with zero attached hydrogens (tertiary/aromatic N) is 4. The molecule has 7 nitrogen and oxygen atoms in total. The number of carbonyl (C=O) groups excluding carboxylic acids is 1. The number of aromatic nitrogens is 4. The van der Waals surface area contributed by atoms with Gasteiger partial charge in [0.1, 0.15) is 18.4 Å². The van der Waals surface area contributed by atoms with Crippen molar-refractivity contribution in [2.24, 2.45) is 0 Å². The van der Waals surface area contributed by atoms with Crippen molar-refractivity contribution in [3.63, 3.8) is 0 Å². The summed E-state index contributed by atoms with van der Waals surface area (Å²) in [4.78, 5) is 25.2. The number of fused-ring (bicyclic) bond motifs is 1. The number of aryl methyl sites for hydroxylation is 1. The standard InChI is InChI=1S/C22H17ClF3N5O2/c1-2-13-3-5-14(6-4-13)17-10-19-21(33)30(27-12-31(19)29-17)11-20(32)28-18-9-15(22(24,25)26)7-8-16(18)23/h3-10,12H,2,11H2,1H3,(H,28,32). The SMILES string of the molecule is CCc1ccc(-c2cc3c(=O)n(CC(=O)Nc4cc(C(F)(F)F)ccc4Cl)ncn3n2)cc1. The zero-order valence-corrected chi connectivity index (χ0v) is 18.0. The lowest BCUT2D eigenvalue weighted by Gasteiger charge is -2.12. The smallest absolute Gasteiger partial charge is 0.323 e. The highest BCUT2D eigenvalue weighted by Crippen LogP contribution is 2.33. The van der Waals surface area contributed by atoms with E-state index in [1.54, 1.807) is 6.07 Å². The Morgan fingerprint density at radius 3 is 2.52 bits per heavy atom. The fraction of sp³-hybridized carbons (Fsp3) is 0.182. The van der Waals surface area contributed by atoms with Crippen LogP contribution in [0.2, 0.25) is 5.02 Å². The normalized spacial score (nSPS) is 11.7. The summed E-state index contributed by atoms with van der Waals surface area (Å²) >= 11 is 5.90. The van der Waals surface area contributed by atoms with Gasteiger partial charge in [0.2, 0.25) is 5.91 Å². The number of hydrogen-bond acceptors (Lipinski definition) is 4. The van der Waals surface area contributed by atoms with E-state index in [4.69, 9.17) is 11.6 Å². The number of halogens is 4. The summed E-state index contributed by atoms with van der Waals surface area (Å²) in [5.74, 6) is -0.759. The summed E-state index contributed by atoms with van der Waals surface area (Å²) in [6, 6.07) is 11.9. The van der Waals surface area contributed by atoms with Crippen LogP contribution in [0.15, 0.2) is 59.7 Å². The van der Waals surface area contributed by atoms with E-state index in [0.717, 1.165) is 34.9 Å². The topological polar surface area (TPSA) is 81.3 Å². The van der Waals surface area contributed by atoms with Crippen molar-refractivity contribution in [3.8, 4) is 11.3 Å². The Morgan fingerprint density at radius 2 is 1.85 bits per heavy atom. The molecule has 4 aromatic rings. The molecule has 1 N–H and O–H groups in total. The minimum Gasteiger partial charge on any atom is -0.323 e. The fourth-order valence-corrected chi connectivity index (χ4v) is 3.39. The number of nitrogens with one attached hydrogen (secondary N) is 1. The van der Waals surface area contributed by atoms with E-state index in [1.807, 2.05) is 31.2 Å². The first-order valence-corrected chi connectivity index (χ1v) is 10.2. The maximum atomic E-state index is 12.9. The van der Waals surface area contributed by atoms with Crippen molar-refractivity contribution in [1.29, 1.82) is 0 Å².